The molecule has 1 atom stereocenters. The van der Waals surface area contributed by atoms with Gasteiger partial charge in [0.2, 0.25) is 0 Å². The molecule has 0 N–H and O–H groups in total. The van der Waals surface area contributed by atoms with E-state index < -0.39 is 6.10 Å². The second-order valence-corrected chi connectivity index (χ2v) is 17.4. The van der Waals surface area contributed by atoms with E-state index in [-0.39, 0.29) is 37.5 Å². The van der Waals surface area contributed by atoms with Gasteiger partial charge in [-0.2, -0.15) is 0 Å². The van der Waals surface area contributed by atoms with E-state index in [9.17, 15) is 14.4 Å². The summed E-state index contributed by atoms with van der Waals surface area (Å²) in [5.74, 6) is -1.00. The largest absolute Gasteiger partial charge is 0.462 e. The molecule has 0 saturated heterocycles. The van der Waals surface area contributed by atoms with E-state index in [4.69, 9.17) is 14.2 Å². The Bertz CT molecular complexity index is 1440. The van der Waals surface area contributed by atoms with Crippen LogP contribution >= 0.6 is 0 Å². The smallest absolute Gasteiger partial charge is 0.306 e. The van der Waals surface area contributed by atoms with Crippen LogP contribution in [0.25, 0.3) is 0 Å². The number of allylic oxidation sites excluding steroid dienone is 20. The minimum atomic E-state index is -0.820. The predicted octanol–water partition coefficient (Wildman–Crippen LogP) is 18.1. The van der Waals surface area contributed by atoms with Crippen molar-refractivity contribution < 1.29 is 28.6 Å². The third kappa shape index (κ3) is 52.6. The van der Waals surface area contributed by atoms with Gasteiger partial charge >= 0.3 is 17.9 Å². The highest BCUT2D eigenvalue weighted by Gasteiger charge is 2.19. The van der Waals surface area contributed by atoms with E-state index >= 15 is 0 Å². The summed E-state index contributed by atoms with van der Waals surface area (Å²) in [6.07, 6.45) is 74.6. The molecule has 6 heteroatoms. The van der Waals surface area contributed by atoms with E-state index in [1.54, 1.807) is 0 Å². The molecule has 0 rings (SSSR count). The van der Waals surface area contributed by atoms with Crippen molar-refractivity contribution in [2.45, 2.75) is 232 Å². The predicted molar refractivity (Wildman–Crippen MR) is 288 cm³/mol. The van der Waals surface area contributed by atoms with Gasteiger partial charge in [-0.25, -0.2) is 0 Å². The second-order valence-electron chi connectivity index (χ2n) is 17.4. The average Bonchev–Trinajstić information content (AvgIpc) is 3.33. The molecule has 378 valence electrons. The maximum absolute atomic E-state index is 12.8. The van der Waals surface area contributed by atoms with Crippen molar-refractivity contribution in [3.8, 4) is 0 Å². The lowest BCUT2D eigenvalue weighted by atomic mass is 10.1. The fourth-order valence-electron chi connectivity index (χ4n) is 6.86. The first-order valence-corrected chi connectivity index (χ1v) is 27.0. The monoisotopic (exact) mass is 927 g/mol. The molecule has 0 aromatic rings. The zero-order valence-electron chi connectivity index (χ0n) is 43.1. The number of hydrogen-bond acceptors (Lipinski definition) is 6. The van der Waals surface area contributed by atoms with Gasteiger partial charge in [0.05, 0.1) is 0 Å². The molecule has 0 aromatic heterocycles. The second kappa shape index (κ2) is 54.4. The Morgan fingerprint density at radius 3 is 0.925 bits per heavy atom. The average molecular weight is 927 g/mol. The van der Waals surface area contributed by atoms with Crippen LogP contribution in [0.4, 0.5) is 0 Å². The lowest BCUT2D eigenvalue weighted by Gasteiger charge is -2.18. The summed E-state index contributed by atoms with van der Waals surface area (Å²) in [6.45, 7) is 6.38. The Balaban J connectivity index is 4.56. The highest BCUT2D eigenvalue weighted by atomic mass is 16.6. The van der Waals surface area contributed by atoms with Crippen LogP contribution in [-0.2, 0) is 28.6 Å². The molecule has 67 heavy (non-hydrogen) atoms. The maximum Gasteiger partial charge on any atom is 0.306 e. The molecule has 0 bridgehead atoms. The first-order valence-electron chi connectivity index (χ1n) is 27.0. The molecule has 6 nitrogen and oxygen atoms in total. The quantitative estimate of drug-likeness (QED) is 0.0262. The number of unbranched alkanes of at least 4 members (excludes halogenated alkanes) is 16. The summed E-state index contributed by atoms with van der Waals surface area (Å²) in [4.78, 5) is 38.1. The Morgan fingerprint density at radius 2 is 0.582 bits per heavy atom. The number of carbonyl (C=O) groups is 3. The van der Waals surface area contributed by atoms with Crippen LogP contribution in [0, 0.1) is 0 Å². The lowest BCUT2D eigenvalue weighted by Crippen LogP contribution is -2.30. The number of ether oxygens (including phenoxy) is 3. The van der Waals surface area contributed by atoms with Gasteiger partial charge in [0.15, 0.2) is 6.10 Å². The zero-order chi connectivity index (χ0) is 48.6. The number of esters is 3. The minimum Gasteiger partial charge on any atom is -0.462 e. The summed E-state index contributed by atoms with van der Waals surface area (Å²) < 4.78 is 16.8. The topological polar surface area (TPSA) is 78.9 Å². The first-order chi connectivity index (χ1) is 33.0. The van der Waals surface area contributed by atoms with E-state index in [1.807, 2.05) is 0 Å². The van der Waals surface area contributed by atoms with E-state index in [0.717, 1.165) is 128 Å². The van der Waals surface area contributed by atoms with Gasteiger partial charge in [-0.1, -0.05) is 194 Å². The molecule has 0 fully saturated rings. The molecule has 0 aliphatic heterocycles. The summed E-state index contributed by atoms with van der Waals surface area (Å²) >= 11 is 0. The number of carbonyl (C=O) groups excluding carboxylic acids is 3. The summed E-state index contributed by atoms with van der Waals surface area (Å²) in [5, 5.41) is 0. The van der Waals surface area contributed by atoms with Crippen molar-refractivity contribution in [1.82, 2.24) is 0 Å². The van der Waals surface area contributed by atoms with Crippen LogP contribution in [0.2, 0.25) is 0 Å². The molecule has 0 radical (unpaired) electrons. The molecular weight excluding hydrogens is 829 g/mol. The SMILES string of the molecule is CC/C=C\C/C=C\C/C=C\C/C=C\CCCCCCC(=O)O[C@@H](COC(=O)CCCC/C=C\C/C=C\C/C=C\CCCCC)COC(=O)CCCCCC/C=C\C/C=C\C/C=C\CCCCC. The number of rotatable bonds is 47. The standard InChI is InChI=1S/C61H98O6/c1-4-7-10-13-16-19-22-25-28-30-33-36-39-42-45-48-51-54-60(63)66-57-58(56-65-59(62)53-50-47-44-41-38-35-32-27-24-21-18-15-12-9-6-3)67-61(64)55-52-49-46-43-40-37-34-31-29-26-23-20-17-14-11-8-5-2/h8,11,16-21,25-29,32-34,36-38,41,58H,4-7,9-10,12-15,22-24,30-31,35,39-40,42-57H2,1-3H3/b11-8-,19-16-,20-17-,21-18-,28-25-,29-26-,32-27-,36-33-,37-34-,41-38-/t58-/m0/s1. The fraction of sp³-hybridized carbons (Fsp3) is 0.623. The first kappa shape index (κ1) is 62.8. The van der Waals surface area contributed by atoms with E-state index in [2.05, 4.69) is 142 Å². The normalized spacial score (nSPS) is 13.1. The lowest BCUT2D eigenvalue weighted by molar-refractivity contribution is -0.167. The third-order valence-electron chi connectivity index (χ3n) is 10.9. The zero-order valence-corrected chi connectivity index (χ0v) is 43.1. The summed E-state index contributed by atoms with van der Waals surface area (Å²) in [5.41, 5.74) is 0. The highest BCUT2D eigenvalue weighted by molar-refractivity contribution is 5.71. The molecular formula is C61H98O6. The van der Waals surface area contributed by atoms with Gasteiger partial charge < -0.3 is 14.2 Å². The number of hydrogen-bond donors (Lipinski definition) is 0. The van der Waals surface area contributed by atoms with Crippen LogP contribution in [-0.4, -0.2) is 37.2 Å². The third-order valence-corrected chi connectivity index (χ3v) is 10.9. The van der Waals surface area contributed by atoms with Crippen molar-refractivity contribution in [3.63, 3.8) is 0 Å². The van der Waals surface area contributed by atoms with E-state index in [1.165, 1.54) is 51.4 Å². The van der Waals surface area contributed by atoms with Crippen LogP contribution in [0.1, 0.15) is 226 Å². The molecule has 0 aliphatic carbocycles. The van der Waals surface area contributed by atoms with Crippen LogP contribution < -0.4 is 0 Å². The Hall–Kier alpha value is -4.19. The Labute approximate surface area is 412 Å². The van der Waals surface area contributed by atoms with Gasteiger partial charge in [0.25, 0.3) is 0 Å². The van der Waals surface area contributed by atoms with Crippen LogP contribution in [0.5, 0.6) is 0 Å². The van der Waals surface area contributed by atoms with Gasteiger partial charge in [0, 0.05) is 19.3 Å². The molecule has 0 unspecified atom stereocenters. The van der Waals surface area contributed by atoms with E-state index in [0.29, 0.717) is 19.3 Å². The Kier molecular flexibility index (Phi) is 51.0. The van der Waals surface area contributed by atoms with Crippen molar-refractivity contribution in [2.24, 2.45) is 0 Å². The van der Waals surface area contributed by atoms with Gasteiger partial charge in [-0.3, -0.25) is 14.4 Å². The van der Waals surface area contributed by atoms with Gasteiger partial charge in [-0.15, -0.1) is 0 Å². The molecule has 0 aromatic carbocycles. The molecule has 0 spiro atoms. The van der Waals surface area contributed by atoms with Crippen molar-refractivity contribution in [2.75, 3.05) is 13.2 Å². The van der Waals surface area contributed by atoms with Crippen LogP contribution in [0.3, 0.4) is 0 Å². The van der Waals surface area contributed by atoms with Crippen molar-refractivity contribution in [3.05, 3.63) is 122 Å². The molecule has 0 heterocycles. The maximum atomic E-state index is 12.8. The van der Waals surface area contributed by atoms with Crippen molar-refractivity contribution >= 4 is 17.9 Å². The summed E-state index contributed by atoms with van der Waals surface area (Å²) in [7, 11) is 0. The fourth-order valence-corrected chi connectivity index (χ4v) is 6.86. The van der Waals surface area contributed by atoms with Crippen LogP contribution in [0.15, 0.2) is 122 Å². The van der Waals surface area contributed by atoms with Gasteiger partial charge in [0.1, 0.15) is 13.2 Å². The molecule has 0 amide bonds. The van der Waals surface area contributed by atoms with Crippen molar-refractivity contribution in [1.29, 1.82) is 0 Å². The molecule has 0 aliphatic rings. The summed E-state index contributed by atoms with van der Waals surface area (Å²) in [6, 6.07) is 0. The Morgan fingerprint density at radius 1 is 0.313 bits per heavy atom. The molecule has 0 saturated carbocycles. The minimum absolute atomic E-state index is 0.115. The highest BCUT2D eigenvalue weighted by Crippen LogP contribution is 2.12. The van der Waals surface area contributed by atoms with Gasteiger partial charge in [-0.05, 0) is 135 Å².